The molecule has 0 aliphatic carbocycles. The van der Waals surface area contributed by atoms with Crippen LogP contribution in [0.2, 0.25) is 0 Å². The fourth-order valence-electron chi connectivity index (χ4n) is 1.69. The number of carbonyl (C=O) groups is 1. The first-order chi connectivity index (χ1) is 7.77. The van der Waals surface area contributed by atoms with Crippen molar-refractivity contribution < 1.29 is 4.79 Å². The Morgan fingerprint density at radius 3 is 2.62 bits per heavy atom. The van der Waals surface area contributed by atoms with Gasteiger partial charge < -0.3 is 10.2 Å². The highest BCUT2D eigenvalue weighted by Gasteiger charge is 2.19. The van der Waals surface area contributed by atoms with Gasteiger partial charge in [0.25, 0.3) is 0 Å². The molecule has 1 aliphatic rings. The number of rotatable bonds is 4. The molecule has 0 saturated carbocycles. The predicted octanol–water partition coefficient (Wildman–Crippen LogP) is 0.637. The first-order valence-electron chi connectivity index (χ1n) is 5.90. The van der Waals surface area contributed by atoms with Crippen LogP contribution in [0.4, 0.5) is 4.79 Å². The maximum atomic E-state index is 11.7. The Morgan fingerprint density at radius 2 is 2.06 bits per heavy atom. The smallest absolute Gasteiger partial charge is 0.317 e. The Morgan fingerprint density at radius 1 is 1.38 bits per heavy atom. The molecule has 0 radical (unpaired) electrons. The number of piperazine rings is 1. The van der Waals surface area contributed by atoms with Gasteiger partial charge in [-0.2, -0.15) is 5.26 Å². The normalized spacial score (nSPS) is 16.9. The molecule has 1 heterocycles. The summed E-state index contributed by atoms with van der Waals surface area (Å²) in [5.74, 6) is 0. The first kappa shape index (κ1) is 12.8. The lowest BCUT2D eigenvalue weighted by Crippen LogP contribution is -2.51. The molecule has 1 fully saturated rings. The summed E-state index contributed by atoms with van der Waals surface area (Å²) in [4.78, 5) is 15.6. The molecular formula is C11H20N4O. The van der Waals surface area contributed by atoms with E-state index < -0.39 is 0 Å². The molecular weight excluding hydrogens is 204 g/mol. The van der Waals surface area contributed by atoms with Crippen molar-refractivity contribution in [2.45, 2.75) is 19.8 Å². The van der Waals surface area contributed by atoms with Crippen LogP contribution in [-0.4, -0.2) is 55.1 Å². The number of amides is 2. The maximum absolute atomic E-state index is 11.7. The molecule has 5 heteroatoms. The van der Waals surface area contributed by atoms with E-state index in [0.29, 0.717) is 6.54 Å². The SMILES string of the molecule is CCCCNC(=O)N1CCN(CC#N)CC1. The Bertz CT molecular complexity index is 253. The molecule has 0 aromatic carbocycles. The van der Waals surface area contributed by atoms with Crippen LogP contribution >= 0.6 is 0 Å². The highest BCUT2D eigenvalue weighted by atomic mass is 16.2. The van der Waals surface area contributed by atoms with Gasteiger partial charge in [0.15, 0.2) is 0 Å². The fourth-order valence-corrected chi connectivity index (χ4v) is 1.69. The van der Waals surface area contributed by atoms with E-state index in [9.17, 15) is 4.79 Å². The van der Waals surface area contributed by atoms with Gasteiger partial charge in [-0.3, -0.25) is 4.90 Å². The highest BCUT2D eigenvalue weighted by molar-refractivity contribution is 5.74. The van der Waals surface area contributed by atoms with E-state index in [1.54, 1.807) is 0 Å². The van der Waals surface area contributed by atoms with Gasteiger partial charge in [-0.25, -0.2) is 4.79 Å². The van der Waals surface area contributed by atoms with Crippen LogP contribution in [-0.2, 0) is 0 Å². The third-order valence-electron chi connectivity index (χ3n) is 2.76. The number of nitrogens with zero attached hydrogens (tertiary/aromatic N) is 3. The number of nitriles is 1. The van der Waals surface area contributed by atoms with E-state index in [-0.39, 0.29) is 6.03 Å². The Kier molecular flexibility index (Phi) is 5.65. The maximum Gasteiger partial charge on any atom is 0.317 e. The van der Waals surface area contributed by atoms with Gasteiger partial charge in [0.05, 0.1) is 12.6 Å². The second-order valence-electron chi connectivity index (χ2n) is 4.01. The largest absolute Gasteiger partial charge is 0.338 e. The summed E-state index contributed by atoms with van der Waals surface area (Å²) in [7, 11) is 0. The second kappa shape index (κ2) is 7.07. The van der Waals surface area contributed by atoms with E-state index in [4.69, 9.17) is 5.26 Å². The summed E-state index contributed by atoms with van der Waals surface area (Å²) in [6, 6.07) is 2.16. The van der Waals surface area contributed by atoms with Crippen LogP contribution in [0, 0.1) is 11.3 Å². The summed E-state index contributed by atoms with van der Waals surface area (Å²) in [6.45, 7) is 6.37. The number of hydrogen-bond acceptors (Lipinski definition) is 3. The molecule has 0 atom stereocenters. The predicted molar refractivity (Wildman–Crippen MR) is 61.9 cm³/mol. The van der Waals surface area contributed by atoms with Crippen LogP contribution in [0.25, 0.3) is 0 Å². The zero-order valence-corrected chi connectivity index (χ0v) is 9.91. The van der Waals surface area contributed by atoms with Gasteiger partial charge in [0, 0.05) is 32.7 Å². The fraction of sp³-hybridized carbons (Fsp3) is 0.818. The summed E-state index contributed by atoms with van der Waals surface area (Å²) >= 11 is 0. The Hall–Kier alpha value is -1.28. The van der Waals surface area contributed by atoms with E-state index >= 15 is 0 Å². The van der Waals surface area contributed by atoms with Gasteiger partial charge in [-0.05, 0) is 6.42 Å². The molecule has 5 nitrogen and oxygen atoms in total. The third kappa shape index (κ3) is 4.07. The Balaban J connectivity index is 2.20. The first-order valence-corrected chi connectivity index (χ1v) is 5.90. The number of urea groups is 1. The molecule has 1 N–H and O–H groups in total. The molecule has 90 valence electrons. The Labute approximate surface area is 97.0 Å². The average Bonchev–Trinajstić information content (AvgIpc) is 2.30. The van der Waals surface area contributed by atoms with Gasteiger partial charge >= 0.3 is 6.03 Å². The molecule has 1 rings (SSSR count). The van der Waals surface area contributed by atoms with Gasteiger partial charge in [-0.15, -0.1) is 0 Å². The van der Waals surface area contributed by atoms with Crippen molar-refractivity contribution in [1.82, 2.24) is 15.1 Å². The number of nitrogens with one attached hydrogen (secondary N) is 1. The van der Waals surface area contributed by atoms with Crippen LogP contribution < -0.4 is 5.32 Å². The summed E-state index contributed by atoms with van der Waals surface area (Å²) in [6.07, 6.45) is 2.12. The number of hydrogen-bond donors (Lipinski definition) is 1. The number of carbonyl (C=O) groups excluding carboxylic acids is 1. The van der Waals surface area contributed by atoms with Crippen molar-refractivity contribution in [2.75, 3.05) is 39.3 Å². The average molecular weight is 224 g/mol. The molecule has 0 spiro atoms. The van der Waals surface area contributed by atoms with Crippen molar-refractivity contribution in [3.63, 3.8) is 0 Å². The molecule has 0 aromatic rings. The minimum atomic E-state index is 0.0325. The monoisotopic (exact) mass is 224 g/mol. The summed E-state index contributed by atoms with van der Waals surface area (Å²) in [5, 5.41) is 11.5. The molecule has 1 aliphatic heterocycles. The van der Waals surface area contributed by atoms with Crippen molar-refractivity contribution in [1.29, 1.82) is 5.26 Å². The van der Waals surface area contributed by atoms with E-state index in [1.807, 2.05) is 4.90 Å². The molecule has 0 aromatic heterocycles. The van der Waals surface area contributed by atoms with Crippen molar-refractivity contribution in [3.8, 4) is 6.07 Å². The minimum Gasteiger partial charge on any atom is -0.338 e. The van der Waals surface area contributed by atoms with Gasteiger partial charge in [0.2, 0.25) is 0 Å². The third-order valence-corrected chi connectivity index (χ3v) is 2.76. The van der Waals surface area contributed by atoms with Crippen LogP contribution in [0.3, 0.4) is 0 Å². The summed E-state index contributed by atoms with van der Waals surface area (Å²) in [5.41, 5.74) is 0. The molecule has 16 heavy (non-hydrogen) atoms. The zero-order chi connectivity index (χ0) is 11.8. The zero-order valence-electron chi connectivity index (χ0n) is 9.91. The van der Waals surface area contributed by atoms with Crippen molar-refractivity contribution >= 4 is 6.03 Å². The van der Waals surface area contributed by atoms with E-state index in [2.05, 4.69) is 23.2 Å². The van der Waals surface area contributed by atoms with Crippen LogP contribution in [0.5, 0.6) is 0 Å². The minimum absolute atomic E-state index is 0.0325. The van der Waals surface area contributed by atoms with E-state index in [0.717, 1.165) is 45.6 Å². The second-order valence-corrected chi connectivity index (χ2v) is 4.01. The van der Waals surface area contributed by atoms with Crippen LogP contribution in [0.15, 0.2) is 0 Å². The quantitative estimate of drug-likeness (QED) is 0.563. The lowest BCUT2D eigenvalue weighted by molar-refractivity contribution is 0.147. The molecule has 2 amide bonds. The highest BCUT2D eigenvalue weighted by Crippen LogP contribution is 2.01. The van der Waals surface area contributed by atoms with Crippen molar-refractivity contribution in [3.05, 3.63) is 0 Å². The lowest BCUT2D eigenvalue weighted by Gasteiger charge is -2.33. The number of unbranched alkanes of at least 4 members (excludes halogenated alkanes) is 1. The van der Waals surface area contributed by atoms with Gasteiger partial charge in [0.1, 0.15) is 0 Å². The molecule has 1 saturated heterocycles. The molecule has 0 unspecified atom stereocenters. The standard InChI is InChI=1S/C11H20N4O/c1-2-3-5-13-11(16)15-9-7-14(6-4-12)8-10-15/h2-3,5-10H2,1H3,(H,13,16). The summed E-state index contributed by atoms with van der Waals surface area (Å²) < 4.78 is 0. The van der Waals surface area contributed by atoms with Crippen molar-refractivity contribution in [2.24, 2.45) is 0 Å². The topological polar surface area (TPSA) is 59.4 Å². The molecule has 0 bridgehead atoms. The van der Waals surface area contributed by atoms with E-state index in [1.165, 1.54) is 0 Å². The lowest BCUT2D eigenvalue weighted by atomic mass is 10.3. The van der Waals surface area contributed by atoms with Gasteiger partial charge in [-0.1, -0.05) is 13.3 Å². The van der Waals surface area contributed by atoms with Crippen LogP contribution in [0.1, 0.15) is 19.8 Å².